The summed E-state index contributed by atoms with van der Waals surface area (Å²) in [6.07, 6.45) is 17.1. The Labute approximate surface area is 438 Å². The normalized spacial score (nSPS) is 14.2. The number of amidine groups is 1. The molecule has 3 heterocycles. The first-order valence-electron chi connectivity index (χ1n) is 25.7. The van der Waals surface area contributed by atoms with E-state index >= 15 is 0 Å². The van der Waals surface area contributed by atoms with Crippen molar-refractivity contribution in [1.82, 2.24) is 19.1 Å². The van der Waals surface area contributed by atoms with Crippen LogP contribution >= 0.6 is 0 Å². The number of aliphatic imine (C=N–C) groups is 1. The van der Waals surface area contributed by atoms with Gasteiger partial charge in [-0.05, 0) is 126 Å². The van der Waals surface area contributed by atoms with Gasteiger partial charge in [0.25, 0.3) is 0 Å². The third-order valence-electron chi connectivity index (χ3n) is 13.9. The molecule has 11 aromatic rings. The number of allylic oxidation sites excluding steroid dienone is 6. The molecule has 0 bridgehead atoms. The van der Waals surface area contributed by atoms with Gasteiger partial charge in [0.1, 0.15) is 5.84 Å². The van der Waals surface area contributed by atoms with Crippen LogP contribution in [0.1, 0.15) is 37.1 Å². The van der Waals surface area contributed by atoms with Gasteiger partial charge >= 0.3 is 0 Å². The van der Waals surface area contributed by atoms with E-state index in [1.807, 2.05) is 31.2 Å². The standard InChI is InChI=1S/C56H46N6.C13H12/c1-4-5-25-52-48(35-55(57)58-3)47-34-40(28-30-54(47)61(52)43-21-10-7-11-22-43)39-27-29-53-46(33-39)45-24-12-13-26-51(45)62(53)44-23-15-20-42(32-44)56-59-49(38-17-8-6-9-18-38)36-50(60-56)41-19-14-16-37(2)31-41;1-3-7-12(8-4-1)11-13-9-5-2-6-10-13/h4-15,17-37H,16H2,1-3H3,(H2,57,58);1-10H,11H2/b5-4-,48-35?,52-25+;. The smallest absolute Gasteiger partial charge is 0.160 e. The molecule has 0 spiro atoms. The van der Waals surface area contributed by atoms with Crippen molar-refractivity contribution in [3.63, 3.8) is 0 Å². The predicted molar refractivity (Wildman–Crippen MR) is 317 cm³/mol. The van der Waals surface area contributed by atoms with Crippen LogP contribution in [0.2, 0.25) is 0 Å². The predicted octanol–water partition coefficient (Wildman–Crippen LogP) is 14.9. The second-order valence-electron chi connectivity index (χ2n) is 19.0. The summed E-state index contributed by atoms with van der Waals surface area (Å²) in [6.45, 7) is 4.28. The van der Waals surface area contributed by atoms with Gasteiger partial charge in [-0.3, -0.25) is 4.99 Å². The number of hydrogen-bond donors (Lipinski definition) is 1. The number of benzene rings is 8. The van der Waals surface area contributed by atoms with Crippen LogP contribution in [-0.4, -0.2) is 32.0 Å². The van der Waals surface area contributed by atoms with E-state index in [0.29, 0.717) is 17.6 Å². The summed E-state index contributed by atoms with van der Waals surface area (Å²) in [4.78, 5) is 14.7. The molecular formula is C69H58N6. The number of rotatable bonds is 10. The van der Waals surface area contributed by atoms with Crippen molar-refractivity contribution in [2.75, 3.05) is 7.05 Å². The number of para-hydroxylation sites is 2. The molecule has 12 rings (SSSR count). The van der Waals surface area contributed by atoms with Crippen LogP contribution < -0.4 is 16.3 Å². The average Bonchev–Trinajstić information content (AvgIpc) is 3.97. The largest absolute Gasteiger partial charge is 0.384 e. The third-order valence-corrected chi connectivity index (χ3v) is 13.9. The molecule has 3 aromatic heterocycles. The Balaban J connectivity index is 0.000000403. The molecule has 1 aliphatic carbocycles. The maximum absolute atomic E-state index is 6.41. The van der Waals surface area contributed by atoms with Crippen LogP contribution in [0.15, 0.2) is 248 Å². The lowest BCUT2D eigenvalue weighted by Gasteiger charge is -2.15. The van der Waals surface area contributed by atoms with Gasteiger partial charge in [-0.15, -0.1) is 0 Å². The van der Waals surface area contributed by atoms with E-state index in [2.05, 4.69) is 252 Å². The minimum atomic E-state index is 0.452. The minimum absolute atomic E-state index is 0.452. The fraction of sp³-hybridized carbons (Fsp3) is 0.0870. The Hall–Kier alpha value is -9.39. The highest BCUT2D eigenvalue weighted by Gasteiger charge is 2.18. The van der Waals surface area contributed by atoms with Crippen molar-refractivity contribution in [2.45, 2.75) is 26.7 Å². The molecule has 8 aromatic carbocycles. The third kappa shape index (κ3) is 10.2. The zero-order chi connectivity index (χ0) is 51.1. The Kier molecular flexibility index (Phi) is 13.9. The average molecular weight is 971 g/mol. The van der Waals surface area contributed by atoms with Crippen LogP contribution in [0.5, 0.6) is 0 Å². The van der Waals surface area contributed by atoms with Gasteiger partial charge in [-0.1, -0.05) is 189 Å². The quantitative estimate of drug-likeness (QED) is 0.110. The fourth-order valence-corrected chi connectivity index (χ4v) is 10.2. The summed E-state index contributed by atoms with van der Waals surface area (Å²) in [5.41, 5.74) is 21.9. The zero-order valence-electron chi connectivity index (χ0n) is 42.6. The molecular weight excluding hydrogens is 913 g/mol. The molecule has 1 atom stereocenters. The molecule has 6 nitrogen and oxygen atoms in total. The molecule has 2 N–H and O–H groups in total. The van der Waals surface area contributed by atoms with Crippen LogP contribution in [0.3, 0.4) is 0 Å². The Morgan fingerprint density at radius 2 is 1.16 bits per heavy atom. The van der Waals surface area contributed by atoms with Gasteiger partial charge in [-0.25, -0.2) is 9.97 Å². The van der Waals surface area contributed by atoms with E-state index in [1.54, 1.807) is 7.05 Å². The summed E-state index contributed by atoms with van der Waals surface area (Å²) in [6, 6.07) is 74.9. The Bertz CT molecular complexity index is 4050. The molecule has 364 valence electrons. The topological polar surface area (TPSA) is 74.0 Å². The van der Waals surface area contributed by atoms with Gasteiger partial charge in [-0.2, -0.15) is 0 Å². The summed E-state index contributed by atoms with van der Waals surface area (Å²) in [5.74, 6) is 1.62. The second kappa shape index (κ2) is 21.8. The molecule has 0 fully saturated rings. The first-order valence-corrected chi connectivity index (χ1v) is 25.7. The number of nitrogens with zero attached hydrogens (tertiary/aromatic N) is 5. The summed E-state index contributed by atoms with van der Waals surface area (Å²) in [7, 11) is 1.73. The number of fused-ring (bicyclic) bond motifs is 4. The van der Waals surface area contributed by atoms with Crippen molar-refractivity contribution in [2.24, 2.45) is 16.6 Å². The van der Waals surface area contributed by atoms with Crippen molar-refractivity contribution in [1.29, 1.82) is 0 Å². The highest BCUT2D eigenvalue weighted by atomic mass is 15.0. The summed E-state index contributed by atoms with van der Waals surface area (Å²) < 4.78 is 4.66. The SMILES string of the molecule is C/C=C\C=c1/c(=CC(N)=NC)c2cc(-c3ccc4c(c3)c3ccccc3n4-c3cccc(-c4nc(C5=CC(C)CC=C5)cc(-c5ccccc5)n4)c3)ccc2n1-c1ccccc1.c1ccc(Cc2ccccc2)cc1. The highest BCUT2D eigenvalue weighted by Crippen LogP contribution is 2.37. The molecule has 0 saturated heterocycles. The van der Waals surface area contributed by atoms with E-state index in [4.69, 9.17) is 15.7 Å². The first-order chi connectivity index (χ1) is 36.9. The molecule has 0 saturated carbocycles. The van der Waals surface area contributed by atoms with Crippen molar-refractivity contribution >= 4 is 56.3 Å². The molecule has 0 radical (unpaired) electrons. The molecule has 1 aliphatic rings. The second-order valence-corrected chi connectivity index (χ2v) is 19.0. The highest BCUT2D eigenvalue weighted by molar-refractivity contribution is 6.11. The van der Waals surface area contributed by atoms with Gasteiger partial charge < -0.3 is 14.9 Å². The number of aromatic nitrogens is 4. The van der Waals surface area contributed by atoms with Gasteiger partial charge in [0.05, 0.1) is 33.3 Å². The van der Waals surface area contributed by atoms with Crippen molar-refractivity contribution in [3.8, 4) is 45.1 Å². The van der Waals surface area contributed by atoms with Gasteiger partial charge in [0.2, 0.25) is 0 Å². The van der Waals surface area contributed by atoms with Crippen molar-refractivity contribution in [3.05, 3.63) is 270 Å². The van der Waals surface area contributed by atoms with Gasteiger partial charge in [0.15, 0.2) is 5.82 Å². The maximum Gasteiger partial charge on any atom is 0.160 e. The number of hydrogen-bond acceptors (Lipinski definition) is 3. The van der Waals surface area contributed by atoms with E-state index in [1.165, 1.54) is 21.9 Å². The molecule has 6 heteroatoms. The van der Waals surface area contributed by atoms with E-state index in [0.717, 1.165) is 95.9 Å². The van der Waals surface area contributed by atoms with Crippen molar-refractivity contribution < 1.29 is 0 Å². The maximum atomic E-state index is 6.41. The molecule has 0 aliphatic heterocycles. The Morgan fingerprint density at radius 1 is 0.573 bits per heavy atom. The lowest BCUT2D eigenvalue weighted by molar-refractivity contribution is 0.739. The fourth-order valence-electron chi connectivity index (χ4n) is 10.2. The molecule has 75 heavy (non-hydrogen) atoms. The molecule has 0 amide bonds. The molecule has 1 unspecified atom stereocenters. The lowest BCUT2D eigenvalue weighted by atomic mass is 9.95. The monoisotopic (exact) mass is 970 g/mol. The number of nitrogens with two attached hydrogens (primary N) is 1. The first kappa shape index (κ1) is 47.9. The van der Waals surface area contributed by atoms with Crippen LogP contribution in [0.25, 0.3) is 95.6 Å². The van der Waals surface area contributed by atoms with E-state index < -0.39 is 0 Å². The minimum Gasteiger partial charge on any atom is -0.384 e. The van der Waals surface area contributed by atoms with E-state index in [-0.39, 0.29) is 0 Å². The van der Waals surface area contributed by atoms with Crippen LogP contribution in [0.4, 0.5) is 0 Å². The van der Waals surface area contributed by atoms with E-state index in [9.17, 15) is 0 Å². The zero-order valence-corrected chi connectivity index (χ0v) is 42.6. The van der Waals surface area contributed by atoms with Gasteiger partial charge in [0, 0.05) is 50.9 Å². The van der Waals surface area contributed by atoms with Crippen LogP contribution in [0, 0.1) is 5.92 Å². The summed E-state index contributed by atoms with van der Waals surface area (Å²) >= 11 is 0. The van der Waals surface area contributed by atoms with Crippen LogP contribution in [-0.2, 0) is 6.42 Å². The lowest BCUT2D eigenvalue weighted by Crippen LogP contribution is -2.30. The summed E-state index contributed by atoms with van der Waals surface area (Å²) in [5, 5.41) is 5.53. The Morgan fingerprint density at radius 3 is 1.84 bits per heavy atom.